The van der Waals surface area contributed by atoms with Crippen molar-refractivity contribution >= 4 is 15.9 Å². The maximum atomic E-state index is 14.0. The first-order valence-corrected chi connectivity index (χ1v) is 12.9. The molecule has 0 unspecified atom stereocenters. The van der Waals surface area contributed by atoms with Gasteiger partial charge < -0.3 is 4.42 Å². The van der Waals surface area contributed by atoms with Gasteiger partial charge in [0, 0.05) is 26.2 Å². The predicted octanol–water partition coefficient (Wildman–Crippen LogP) is 3.58. The summed E-state index contributed by atoms with van der Waals surface area (Å²) in [5.74, 6) is 1.22. The molecule has 2 atom stereocenters. The van der Waals surface area contributed by atoms with Gasteiger partial charge in [-0.25, -0.2) is 9.37 Å². The van der Waals surface area contributed by atoms with Crippen molar-refractivity contribution in [3.63, 3.8) is 0 Å². The summed E-state index contributed by atoms with van der Waals surface area (Å²) in [6, 6.07) is 6.05. The zero-order valence-corrected chi connectivity index (χ0v) is 19.5. The minimum atomic E-state index is -3.70. The zero-order valence-electron chi connectivity index (χ0n) is 18.7. The van der Waals surface area contributed by atoms with Crippen LogP contribution in [-0.2, 0) is 23.2 Å². The van der Waals surface area contributed by atoms with E-state index in [2.05, 4.69) is 16.8 Å². The summed E-state index contributed by atoms with van der Waals surface area (Å²) in [5.41, 5.74) is 0.868. The lowest BCUT2D eigenvalue weighted by atomic mass is 9.81. The van der Waals surface area contributed by atoms with Crippen LogP contribution in [0.3, 0.4) is 0 Å². The molecule has 0 bridgehead atoms. The first kappa shape index (κ1) is 21.9. The average molecular weight is 463 g/mol. The van der Waals surface area contributed by atoms with E-state index in [1.807, 2.05) is 0 Å². The molecule has 174 valence electrons. The topological polar surface area (TPSA) is 69.9 Å². The van der Waals surface area contributed by atoms with Crippen LogP contribution in [0, 0.1) is 11.7 Å². The van der Waals surface area contributed by atoms with E-state index in [0.717, 1.165) is 30.3 Å². The summed E-state index contributed by atoms with van der Waals surface area (Å²) < 4.78 is 49.0. The van der Waals surface area contributed by atoms with E-state index in [4.69, 9.17) is 4.42 Å². The average Bonchev–Trinajstić information content (AvgIpc) is 3.20. The van der Waals surface area contributed by atoms with Crippen molar-refractivity contribution in [3.8, 4) is 0 Å². The molecule has 0 amide bonds. The molecule has 1 aromatic heterocycles. The van der Waals surface area contributed by atoms with Gasteiger partial charge in [-0.1, -0.05) is 25.3 Å². The molecule has 9 heteroatoms. The van der Waals surface area contributed by atoms with Crippen LogP contribution in [-0.4, -0.2) is 54.3 Å². The van der Waals surface area contributed by atoms with Gasteiger partial charge in [0.1, 0.15) is 11.6 Å². The highest BCUT2D eigenvalue weighted by Gasteiger charge is 2.55. The van der Waals surface area contributed by atoms with E-state index >= 15 is 0 Å². The van der Waals surface area contributed by atoms with Crippen molar-refractivity contribution in [1.82, 2.24) is 14.2 Å². The van der Waals surface area contributed by atoms with Crippen molar-refractivity contribution < 1.29 is 17.2 Å². The number of anilines is 1. The van der Waals surface area contributed by atoms with Crippen molar-refractivity contribution in [2.45, 2.75) is 63.6 Å². The Morgan fingerprint density at radius 3 is 2.81 bits per heavy atom. The molecule has 0 radical (unpaired) electrons. The lowest BCUT2D eigenvalue weighted by molar-refractivity contribution is 0.0931. The van der Waals surface area contributed by atoms with E-state index in [0.29, 0.717) is 31.6 Å². The second-order valence-corrected chi connectivity index (χ2v) is 11.6. The van der Waals surface area contributed by atoms with Crippen molar-refractivity contribution in [2.75, 3.05) is 24.4 Å². The highest BCUT2D eigenvalue weighted by atomic mass is 32.2. The van der Waals surface area contributed by atoms with E-state index in [9.17, 15) is 12.8 Å². The molecule has 5 rings (SSSR count). The third kappa shape index (κ3) is 3.74. The van der Waals surface area contributed by atoms with Crippen LogP contribution in [0.15, 0.2) is 35.1 Å². The maximum absolute atomic E-state index is 14.0. The fraction of sp³-hybridized carbons (Fsp3) is 0.609. The Balaban J connectivity index is 1.36. The first-order valence-electron chi connectivity index (χ1n) is 11.5. The standard InChI is InChI=1S/C23H31FN4O3S/c1-17-13-23(15-26(2)32(29,30)28(23)20-8-4-7-19(24)12-20)9-10-27(17)14-22-21(25-16-31-22)11-18-5-3-6-18/h4,7-8,12,16-18H,3,5-6,9-11,13-15H2,1-2H3/t17-,23+/m0/s1. The van der Waals surface area contributed by atoms with Gasteiger partial charge >= 0.3 is 10.2 Å². The number of likely N-dealkylation sites (N-methyl/N-ethyl adjacent to an activating group) is 1. The first-order chi connectivity index (χ1) is 15.3. The van der Waals surface area contributed by atoms with Gasteiger partial charge in [-0.15, -0.1) is 0 Å². The molecule has 2 aliphatic heterocycles. The molecule has 3 fully saturated rings. The van der Waals surface area contributed by atoms with Crippen LogP contribution in [0.2, 0.25) is 0 Å². The third-order valence-electron chi connectivity index (χ3n) is 7.56. The number of aromatic nitrogens is 1. The Labute approximate surface area is 189 Å². The Kier molecular flexibility index (Phi) is 5.54. The molecule has 1 aliphatic carbocycles. The smallest absolute Gasteiger partial charge is 0.304 e. The molecule has 1 saturated carbocycles. The summed E-state index contributed by atoms with van der Waals surface area (Å²) in [7, 11) is -2.09. The van der Waals surface area contributed by atoms with Crippen LogP contribution in [0.1, 0.15) is 50.5 Å². The number of benzene rings is 1. The number of likely N-dealkylation sites (tertiary alicyclic amines) is 1. The predicted molar refractivity (Wildman–Crippen MR) is 120 cm³/mol. The van der Waals surface area contributed by atoms with E-state index in [1.165, 1.54) is 40.0 Å². The monoisotopic (exact) mass is 462 g/mol. The SMILES string of the molecule is C[C@H]1C[C@]2(CCN1Cc1ocnc1CC1CCC1)CN(C)S(=O)(=O)N2c1cccc(F)c1. The van der Waals surface area contributed by atoms with Crippen LogP contribution in [0.25, 0.3) is 0 Å². The molecule has 1 spiro atoms. The zero-order chi connectivity index (χ0) is 22.5. The van der Waals surface area contributed by atoms with Gasteiger partial charge in [-0.3, -0.25) is 9.21 Å². The minimum Gasteiger partial charge on any atom is -0.447 e. The number of rotatable bonds is 5. The van der Waals surface area contributed by atoms with Gasteiger partial charge in [-0.2, -0.15) is 12.7 Å². The van der Waals surface area contributed by atoms with E-state index < -0.39 is 21.6 Å². The number of halogens is 1. The number of hydrogen-bond acceptors (Lipinski definition) is 5. The summed E-state index contributed by atoms with van der Waals surface area (Å²) in [6.45, 7) is 3.96. The van der Waals surface area contributed by atoms with Gasteiger partial charge in [0.25, 0.3) is 0 Å². The molecule has 2 saturated heterocycles. The number of nitrogens with zero attached hydrogens (tertiary/aromatic N) is 4. The van der Waals surface area contributed by atoms with Gasteiger partial charge in [-0.05, 0) is 50.3 Å². The molecule has 0 N–H and O–H groups in total. The summed E-state index contributed by atoms with van der Waals surface area (Å²) >= 11 is 0. The lowest BCUT2D eigenvalue weighted by Gasteiger charge is -2.46. The van der Waals surface area contributed by atoms with Crippen molar-refractivity contribution in [2.24, 2.45) is 5.92 Å². The van der Waals surface area contributed by atoms with E-state index in [-0.39, 0.29) is 6.04 Å². The fourth-order valence-electron chi connectivity index (χ4n) is 5.61. The van der Waals surface area contributed by atoms with Crippen LogP contribution < -0.4 is 4.31 Å². The summed E-state index contributed by atoms with van der Waals surface area (Å²) in [5, 5.41) is 0. The quantitative estimate of drug-likeness (QED) is 0.679. The molecule has 1 aromatic carbocycles. The third-order valence-corrected chi connectivity index (χ3v) is 9.53. The van der Waals surface area contributed by atoms with Crippen LogP contribution >= 0.6 is 0 Å². The Morgan fingerprint density at radius 2 is 2.12 bits per heavy atom. The summed E-state index contributed by atoms with van der Waals surface area (Å²) in [6.07, 6.45) is 7.71. The van der Waals surface area contributed by atoms with Crippen LogP contribution in [0.4, 0.5) is 10.1 Å². The highest BCUT2D eigenvalue weighted by Crippen LogP contribution is 2.44. The molecule has 32 heavy (non-hydrogen) atoms. The van der Waals surface area contributed by atoms with Crippen molar-refractivity contribution in [1.29, 1.82) is 0 Å². The number of piperidine rings is 1. The number of oxazole rings is 1. The Hall–Kier alpha value is -1.97. The van der Waals surface area contributed by atoms with Gasteiger partial charge in [0.05, 0.1) is 23.5 Å². The van der Waals surface area contributed by atoms with Crippen molar-refractivity contribution in [3.05, 3.63) is 47.9 Å². The van der Waals surface area contributed by atoms with Gasteiger partial charge in [0.2, 0.25) is 0 Å². The Morgan fingerprint density at radius 1 is 1.31 bits per heavy atom. The highest BCUT2D eigenvalue weighted by molar-refractivity contribution is 7.90. The second-order valence-electron chi connectivity index (χ2n) is 9.73. The summed E-state index contributed by atoms with van der Waals surface area (Å²) in [4.78, 5) is 6.82. The molecule has 3 aliphatic rings. The fourth-order valence-corrected chi connectivity index (χ4v) is 7.39. The molecule has 3 heterocycles. The molecular formula is C23H31FN4O3S. The Bertz CT molecular complexity index is 1090. The normalized spacial score (nSPS) is 29.0. The molecule has 7 nitrogen and oxygen atoms in total. The van der Waals surface area contributed by atoms with Crippen LogP contribution in [0.5, 0.6) is 0 Å². The number of hydrogen-bond donors (Lipinski definition) is 0. The molecular weight excluding hydrogens is 431 g/mol. The minimum absolute atomic E-state index is 0.142. The van der Waals surface area contributed by atoms with E-state index in [1.54, 1.807) is 25.6 Å². The van der Waals surface area contributed by atoms with Gasteiger partial charge in [0.15, 0.2) is 6.39 Å². The lowest BCUT2D eigenvalue weighted by Crippen LogP contribution is -2.57. The maximum Gasteiger partial charge on any atom is 0.304 e. The largest absolute Gasteiger partial charge is 0.447 e. The molecule has 2 aromatic rings. The second kappa shape index (κ2) is 8.11.